The van der Waals surface area contributed by atoms with Gasteiger partial charge in [0.1, 0.15) is 26.4 Å². The van der Waals surface area contributed by atoms with Gasteiger partial charge in [-0.1, -0.05) is 50.2 Å². The molecule has 368 valence electrons. The zero-order valence-electron chi connectivity index (χ0n) is 39.4. The molecule has 0 aromatic heterocycles. The van der Waals surface area contributed by atoms with Gasteiger partial charge in [0.25, 0.3) is 0 Å². The van der Waals surface area contributed by atoms with Crippen LogP contribution in [-0.4, -0.2) is 129 Å². The Balaban J connectivity index is 0.00000782. The first kappa shape index (κ1) is 52.5. The molecule has 4 aromatic rings. The molecule has 0 amide bonds. The predicted octanol–water partition coefficient (Wildman–Crippen LogP) is 9.55. The maximum atomic E-state index is 14.9. The molecular weight excluding hydrogens is 931 g/mol. The van der Waals surface area contributed by atoms with Crippen molar-refractivity contribution in [2.45, 2.75) is 27.7 Å². The van der Waals surface area contributed by atoms with Gasteiger partial charge < -0.3 is 58.0 Å². The number of allylic oxidation sites excluding steroid dienone is 4. The first-order chi connectivity index (χ1) is 33.3. The topological polar surface area (TPSA) is 179 Å². The van der Waals surface area contributed by atoms with E-state index in [1.807, 2.05) is 24.3 Å². The van der Waals surface area contributed by atoms with Gasteiger partial charge in [-0.3, -0.25) is 19.6 Å². The summed E-state index contributed by atoms with van der Waals surface area (Å²) in [5.74, 6) is 0.998. The monoisotopic (exact) mass is 988 g/mol. The number of ketones is 2. The molecule has 3 aliphatic rings. The van der Waals surface area contributed by atoms with E-state index >= 15 is 0 Å². The molecular formula is C52H58N4NiO12. The molecule has 0 N–H and O–H groups in total. The second-order valence-corrected chi connectivity index (χ2v) is 15.6. The minimum atomic E-state index is -0.339. The molecule has 3 heterocycles. The van der Waals surface area contributed by atoms with Crippen molar-refractivity contribution < 1.29 is 73.4 Å². The van der Waals surface area contributed by atoms with Crippen LogP contribution in [0.25, 0.3) is 10.6 Å². The van der Waals surface area contributed by atoms with Crippen molar-refractivity contribution in [3.8, 4) is 23.0 Å². The largest absolute Gasteiger partial charge is 2.00 e. The first-order valence-electron chi connectivity index (χ1n) is 22.8. The van der Waals surface area contributed by atoms with Crippen LogP contribution >= 0.6 is 0 Å². The normalized spacial score (nSPS) is 19.7. The van der Waals surface area contributed by atoms with E-state index in [9.17, 15) is 9.59 Å². The second-order valence-electron chi connectivity index (χ2n) is 15.6. The van der Waals surface area contributed by atoms with E-state index in [0.717, 1.165) is 0 Å². The fraction of sp³-hybridized carbons (Fsp3) is 0.385. The number of carbonyl (C=O) groups excluding carboxylic acids is 2. The molecule has 0 saturated carbocycles. The summed E-state index contributed by atoms with van der Waals surface area (Å²) >= 11 is 0. The summed E-state index contributed by atoms with van der Waals surface area (Å²) in [4.78, 5) is 39.8. The fourth-order valence-corrected chi connectivity index (χ4v) is 7.41. The van der Waals surface area contributed by atoms with Crippen LogP contribution in [0.2, 0.25) is 0 Å². The molecule has 69 heavy (non-hydrogen) atoms. The minimum Gasteiger partial charge on any atom is -0.659 e. The summed E-state index contributed by atoms with van der Waals surface area (Å²) in [6.07, 6.45) is 0. The van der Waals surface area contributed by atoms with Gasteiger partial charge in [0.05, 0.1) is 79.3 Å². The number of para-hydroxylation sites is 4. The number of nitrogens with zero attached hydrogens (tertiary/aromatic N) is 4. The molecule has 7 rings (SSSR count). The van der Waals surface area contributed by atoms with E-state index in [0.29, 0.717) is 159 Å². The van der Waals surface area contributed by atoms with Crippen molar-refractivity contribution in [3.05, 3.63) is 129 Å². The molecule has 0 bridgehead atoms. The van der Waals surface area contributed by atoms with Crippen LogP contribution in [0.3, 0.4) is 0 Å². The zero-order chi connectivity index (χ0) is 47.5. The smallest absolute Gasteiger partial charge is 0.659 e. The number of hydrogen-bond donors (Lipinski definition) is 0. The number of hydrogen-bond acceptors (Lipinski definition) is 14. The molecule has 0 saturated heterocycles. The Labute approximate surface area is 413 Å². The maximum absolute atomic E-state index is 14.9. The molecule has 0 radical (unpaired) electrons. The Morgan fingerprint density at radius 2 is 0.710 bits per heavy atom. The summed E-state index contributed by atoms with van der Waals surface area (Å²) in [5.41, 5.74) is 4.63. The van der Waals surface area contributed by atoms with E-state index in [2.05, 4.69) is 0 Å². The third-order valence-corrected chi connectivity index (χ3v) is 10.7. The SMILES string of the molecule is CC1=Nc2ccccc2[N-]/C(C)=C(/C(=O)c2ccc3c(c2)OCCOCCOCCOCCO3)C(C)=Nc2ccccc2[N-]/C(C)=C\1C(=O)c1ccc2c(c1)OCCOCCOCCOCCO2.[Ni+2]. The first-order valence-corrected chi connectivity index (χ1v) is 22.8. The summed E-state index contributed by atoms with van der Waals surface area (Å²) in [7, 11) is 0. The van der Waals surface area contributed by atoms with Crippen LogP contribution < -0.4 is 18.9 Å². The quantitative estimate of drug-likeness (QED) is 0.140. The number of benzene rings is 4. The van der Waals surface area contributed by atoms with Crippen molar-refractivity contribution in [1.29, 1.82) is 0 Å². The summed E-state index contributed by atoms with van der Waals surface area (Å²) < 4.78 is 58.0. The number of aliphatic imine (C=N–C) groups is 2. The van der Waals surface area contributed by atoms with E-state index in [1.54, 1.807) is 88.4 Å². The third kappa shape index (κ3) is 15.0. The van der Waals surface area contributed by atoms with Gasteiger partial charge in [0.2, 0.25) is 0 Å². The Kier molecular flexibility index (Phi) is 20.8. The molecule has 0 spiro atoms. The van der Waals surface area contributed by atoms with E-state index < -0.39 is 0 Å². The molecule has 17 heteroatoms. The zero-order valence-corrected chi connectivity index (χ0v) is 40.4. The van der Waals surface area contributed by atoms with Gasteiger partial charge in [-0.25, -0.2) is 0 Å². The molecule has 0 fully saturated rings. The second kappa shape index (κ2) is 27.3. The van der Waals surface area contributed by atoms with Gasteiger partial charge in [-0.05, 0) is 62.4 Å². The number of fused-ring (bicyclic) bond motifs is 4. The summed E-state index contributed by atoms with van der Waals surface area (Å²) in [6.45, 7) is 12.8. The van der Waals surface area contributed by atoms with Gasteiger partial charge in [0.15, 0.2) is 34.6 Å². The molecule has 0 aliphatic carbocycles. The Morgan fingerprint density at radius 3 is 1.06 bits per heavy atom. The number of ether oxygens (including phenoxy) is 10. The molecule has 3 aliphatic heterocycles. The van der Waals surface area contributed by atoms with Crippen LogP contribution in [0.15, 0.2) is 117 Å². The van der Waals surface area contributed by atoms with E-state index in [-0.39, 0.29) is 65.6 Å². The van der Waals surface area contributed by atoms with Crippen LogP contribution in [0, 0.1) is 0 Å². The van der Waals surface area contributed by atoms with Crippen molar-refractivity contribution in [2.24, 2.45) is 9.98 Å². The van der Waals surface area contributed by atoms with Gasteiger partial charge in [-0.2, -0.15) is 0 Å². The van der Waals surface area contributed by atoms with Crippen molar-refractivity contribution in [3.63, 3.8) is 0 Å². The Bertz CT molecular complexity index is 2340. The van der Waals surface area contributed by atoms with Crippen LogP contribution in [-0.2, 0) is 44.9 Å². The predicted molar refractivity (Wildman–Crippen MR) is 258 cm³/mol. The number of carbonyl (C=O) groups is 2. The number of Topliss-reactive ketones (excluding diaryl/α,β-unsaturated/α-hetero) is 2. The molecule has 16 nitrogen and oxygen atoms in total. The average Bonchev–Trinajstić information content (AvgIpc) is 3.35. The van der Waals surface area contributed by atoms with Crippen molar-refractivity contribution in [1.82, 2.24) is 0 Å². The summed E-state index contributed by atoms with van der Waals surface area (Å²) in [6, 6.07) is 24.7. The summed E-state index contributed by atoms with van der Waals surface area (Å²) in [5, 5.41) is 10.1. The fourth-order valence-electron chi connectivity index (χ4n) is 7.41. The average molecular weight is 990 g/mol. The van der Waals surface area contributed by atoms with E-state index in [4.69, 9.17) is 68.0 Å². The molecule has 0 atom stereocenters. The molecule has 0 unspecified atom stereocenters. The number of rotatable bonds is 4. The van der Waals surface area contributed by atoms with Gasteiger partial charge >= 0.3 is 16.5 Å². The van der Waals surface area contributed by atoms with Crippen LogP contribution in [0.1, 0.15) is 48.4 Å². The standard InChI is InChI=1S/C52H60N4O12.Ni/c1-35-49(51(57)39-13-15-45-47(33-39)67-31-27-63-23-19-59-17-21-61-25-29-65-45)36(2)54-43-11-7-8-12-44(43)56-38(4)50(37(3)55-42-10-6-5-9-41(42)53-35)52(58)40-14-16-46-48(34-40)68-32-28-64-24-20-60-18-22-62-26-30-66-46;/h5-16,33-34H,17-32H2,1-4H3,(H2,53,54,55,56,57,58);/q;+2/p-2. The van der Waals surface area contributed by atoms with Crippen molar-refractivity contribution >= 4 is 45.7 Å². The van der Waals surface area contributed by atoms with Crippen LogP contribution in [0.4, 0.5) is 22.7 Å². The van der Waals surface area contributed by atoms with Crippen molar-refractivity contribution in [2.75, 3.05) is 106 Å². The van der Waals surface area contributed by atoms with E-state index in [1.165, 1.54) is 0 Å². The Morgan fingerprint density at radius 1 is 0.406 bits per heavy atom. The van der Waals surface area contributed by atoms with Crippen LogP contribution in [0.5, 0.6) is 23.0 Å². The van der Waals surface area contributed by atoms with Gasteiger partial charge in [0, 0.05) is 45.1 Å². The molecule has 4 aromatic carbocycles. The van der Waals surface area contributed by atoms with Gasteiger partial charge in [-0.15, -0.1) is 22.8 Å². The maximum Gasteiger partial charge on any atom is 2.00 e. The third-order valence-electron chi connectivity index (χ3n) is 10.7. The Hall–Kier alpha value is -5.91. The minimum absolute atomic E-state index is 0.